The molecule has 0 radical (unpaired) electrons. The van der Waals surface area contributed by atoms with E-state index in [9.17, 15) is 5.41 Å². The van der Waals surface area contributed by atoms with Gasteiger partial charge in [0, 0.05) is 56.7 Å². The molecule has 0 bridgehead atoms. The topological polar surface area (TPSA) is 57.5 Å². The molecule has 5 nitrogen and oxygen atoms in total. The average Bonchev–Trinajstić information content (AvgIpc) is 3.81. The molecule has 0 aliphatic rings. The van der Waals surface area contributed by atoms with Crippen molar-refractivity contribution in [1.29, 1.82) is 5.41 Å². The third-order valence-corrected chi connectivity index (χ3v) is 11.8. The summed E-state index contributed by atoms with van der Waals surface area (Å²) in [5.74, 6) is 0.833. The fourth-order valence-corrected chi connectivity index (χ4v) is 8.97. The minimum absolute atomic E-state index is 0.153. The Morgan fingerprint density at radius 3 is 1.82 bits per heavy atom. The molecule has 0 saturated heterocycles. The maximum Gasteiger partial charge on any atom is 0.154 e. The first-order valence-corrected chi connectivity index (χ1v) is 20.5. The smallest absolute Gasteiger partial charge is 0.154 e. The Kier molecular flexibility index (Phi) is 8.41. The SMILES string of the molecule is CC/C=c1/cccc/c1=C/N(C)C(=NC(=N)c1ccc2c(c1)oc1c3ccccc3c(-n3c4cc5ccccc5cc4c4cc5ccccc5cc43)cc21)c1ccccc1. The van der Waals surface area contributed by atoms with E-state index in [-0.39, 0.29) is 5.84 Å². The zero-order chi connectivity index (χ0) is 40.3. The Morgan fingerprint density at radius 1 is 0.567 bits per heavy atom. The van der Waals surface area contributed by atoms with Gasteiger partial charge in [-0.05, 0) is 80.9 Å². The van der Waals surface area contributed by atoms with Crippen LogP contribution in [0.2, 0.25) is 0 Å². The summed E-state index contributed by atoms with van der Waals surface area (Å²) in [6, 6.07) is 61.9. The standard InChI is InChI=1S/C55H40N4O/c1-3-15-35-16-7-12-23-42(35)34-58(2)55(36-17-5-4-6-18-36)57-54(56)41-26-27-44-48-33-51(43-24-13-14-25-45(43)53(48)60-52(44)32-41)59-49-30-39-21-10-8-19-37(39)28-46(49)47-29-38-20-9-11-22-40(38)31-50(47)59/h4-34,56H,3H2,1-2H3/b35-15-,42-34-,56-54?,57-55?. The molecule has 0 atom stereocenters. The van der Waals surface area contributed by atoms with Crippen molar-refractivity contribution in [3.8, 4) is 5.69 Å². The third-order valence-electron chi connectivity index (χ3n) is 11.8. The number of nitrogens with one attached hydrogen (secondary N) is 1. The summed E-state index contributed by atoms with van der Waals surface area (Å²) in [6.45, 7) is 2.15. The van der Waals surface area contributed by atoms with Crippen LogP contribution in [0.4, 0.5) is 0 Å². The number of hydrogen-bond acceptors (Lipinski definition) is 2. The van der Waals surface area contributed by atoms with Gasteiger partial charge < -0.3 is 13.9 Å². The number of hydrogen-bond donors (Lipinski definition) is 1. The van der Waals surface area contributed by atoms with Crippen molar-refractivity contribution in [1.82, 2.24) is 9.47 Å². The minimum Gasteiger partial charge on any atom is -0.455 e. The molecule has 11 aromatic rings. The summed E-state index contributed by atoms with van der Waals surface area (Å²) in [7, 11) is 2.00. The highest BCUT2D eigenvalue weighted by atomic mass is 16.3. The van der Waals surface area contributed by atoms with Crippen LogP contribution >= 0.6 is 0 Å². The first kappa shape index (κ1) is 35.4. The van der Waals surface area contributed by atoms with E-state index < -0.39 is 0 Å². The Balaban J connectivity index is 1.09. The van der Waals surface area contributed by atoms with Crippen LogP contribution in [0.15, 0.2) is 185 Å². The molecular weight excluding hydrogens is 733 g/mol. The van der Waals surface area contributed by atoms with Crippen LogP contribution in [-0.4, -0.2) is 28.2 Å². The van der Waals surface area contributed by atoms with Gasteiger partial charge in [-0.2, -0.15) is 0 Å². The van der Waals surface area contributed by atoms with E-state index in [1.807, 2.05) is 54.4 Å². The van der Waals surface area contributed by atoms with Crippen molar-refractivity contribution in [2.75, 3.05) is 7.05 Å². The second-order valence-corrected chi connectivity index (χ2v) is 15.5. The van der Waals surface area contributed by atoms with Gasteiger partial charge in [0.05, 0.1) is 16.7 Å². The predicted molar refractivity (Wildman–Crippen MR) is 253 cm³/mol. The summed E-state index contributed by atoms with van der Waals surface area (Å²) in [6.07, 6.45) is 5.26. The van der Waals surface area contributed by atoms with E-state index in [0.29, 0.717) is 17.0 Å². The van der Waals surface area contributed by atoms with E-state index >= 15 is 0 Å². The maximum absolute atomic E-state index is 9.35. The number of nitrogens with zero attached hydrogens (tertiary/aromatic N) is 3. The van der Waals surface area contributed by atoms with Crippen molar-refractivity contribution >= 4 is 100 Å². The molecule has 0 fully saturated rings. The average molecular weight is 773 g/mol. The number of aliphatic imine (C=N–C) groups is 1. The number of benzene rings is 9. The second kappa shape index (κ2) is 14.3. The van der Waals surface area contributed by atoms with Gasteiger partial charge in [0.1, 0.15) is 17.0 Å². The summed E-state index contributed by atoms with van der Waals surface area (Å²) in [5.41, 5.74) is 6.56. The maximum atomic E-state index is 9.35. The monoisotopic (exact) mass is 772 g/mol. The number of fused-ring (bicyclic) bond motifs is 10. The zero-order valence-electron chi connectivity index (χ0n) is 33.4. The van der Waals surface area contributed by atoms with Gasteiger partial charge in [0.25, 0.3) is 0 Å². The molecule has 286 valence electrons. The van der Waals surface area contributed by atoms with Crippen molar-refractivity contribution in [3.63, 3.8) is 0 Å². The normalized spacial score (nSPS) is 12.9. The zero-order valence-corrected chi connectivity index (χ0v) is 33.4. The molecule has 0 aliphatic heterocycles. The van der Waals surface area contributed by atoms with Crippen LogP contribution in [0.25, 0.3) is 94.0 Å². The first-order valence-electron chi connectivity index (χ1n) is 20.5. The second-order valence-electron chi connectivity index (χ2n) is 15.5. The molecule has 1 N–H and O–H groups in total. The van der Waals surface area contributed by atoms with Crippen LogP contribution in [-0.2, 0) is 0 Å². The lowest BCUT2D eigenvalue weighted by atomic mass is 10.0. The number of furan rings is 1. The number of aromatic nitrogens is 1. The van der Waals surface area contributed by atoms with Gasteiger partial charge in [-0.3, -0.25) is 5.41 Å². The third kappa shape index (κ3) is 5.85. The molecule has 11 rings (SSSR count). The summed E-state index contributed by atoms with van der Waals surface area (Å²) in [5, 5.41) is 23.1. The summed E-state index contributed by atoms with van der Waals surface area (Å²) < 4.78 is 9.24. The van der Waals surface area contributed by atoms with Crippen LogP contribution in [0, 0.1) is 5.41 Å². The van der Waals surface area contributed by atoms with Crippen molar-refractivity contribution in [3.05, 3.63) is 197 Å². The predicted octanol–water partition coefficient (Wildman–Crippen LogP) is 12.5. The molecule has 2 heterocycles. The molecule has 0 amide bonds. The Labute approximate surface area is 346 Å². The molecule has 9 aromatic carbocycles. The molecule has 0 spiro atoms. The van der Waals surface area contributed by atoms with Crippen LogP contribution in [0.3, 0.4) is 0 Å². The lowest BCUT2D eigenvalue weighted by Gasteiger charge is -2.18. The van der Waals surface area contributed by atoms with Crippen LogP contribution < -0.4 is 10.4 Å². The molecule has 0 aliphatic carbocycles. The highest BCUT2D eigenvalue weighted by molar-refractivity contribution is 6.22. The van der Waals surface area contributed by atoms with Gasteiger partial charge >= 0.3 is 0 Å². The van der Waals surface area contributed by atoms with Gasteiger partial charge in [-0.15, -0.1) is 0 Å². The minimum atomic E-state index is 0.153. The van der Waals surface area contributed by atoms with Gasteiger partial charge in [0.2, 0.25) is 0 Å². The lowest BCUT2D eigenvalue weighted by Crippen LogP contribution is -2.31. The Bertz CT molecular complexity index is 3590. The molecule has 0 saturated carbocycles. The molecule has 60 heavy (non-hydrogen) atoms. The van der Waals surface area contributed by atoms with E-state index in [2.05, 4.69) is 157 Å². The Hall–Kier alpha value is -7.76. The number of rotatable bonds is 5. The van der Waals surface area contributed by atoms with Crippen molar-refractivity contribution < 1.29 is 4.42 Å². The highest BCUT2D eigenvalue weighted by Gasteiger charge is 2.21. The fraction of sp³-hybridized carbons (Fsp3) is 0.0545. The molecular formula is C55H40N4O. The van der Waals surface area contributed by atoms with Gasteiger partial charge in [-0.1, -0.05) is 146 Å². The van der Waals surface area contributed by atoms with E-state index in [1.54, 1.807) is 0 Å². The summed E-state index contributed by atoms with van der Waals surface area (Å²) in [4.78, 5) is 7.00. The lowest BCUT2D eigenvalue weighted by molar-refractivity contribution is 0.672. The van der Waals surface area contributed by atoms with E-state index in [1.165, 1.54) is 37.5 Å². The van der Waals surface area contributed by atoms with E-state index in [0.717, 1.165) is 61.1 Å². The van der Waals surface area contributed by atoms with Crippen molar-refractivity contribution in [2.45, 2.75) is 13.3 Å². The fourth-order valence-electron chi connectivity index (χ4n) is 8.97. The van der Waals surface area contributed by atoms with Crippen LogP contribution in [0.1, 0.15) is 24.5 Å². The summed E-state index contributed by atoms with van der Waals surface area (Å²) >= 11 is 0. The van der Waals surface area contributed by atoms with Crippen molar-refractivity contribution in [2.24, 2.45) is 4.99 Å². The highest BCUT2D eigenvalue weighted by Crippen LogP contribution is 2.42. The molecule has 0 unspecified atom stereocenters. The Morgan fingerprint density at radius 2 is 1.15 bits per heavy atom. The first-order chi connectivity index (χ1) is 29.5. The quantitative estimate of drug-likeness (QED) is 0.140. The molecule has 2 aromatic heterocycles. The largest absolute Gasteiger partial charge is 0.455 e. The van der Waals surface area contributed by atoms with Gasteiger partial charge in [-0.25, -0.2) is 4.99 Å². The molecule has 5 heteroatoms. The van der Waals surface area contributed by atoms with Crippen LogP contribution in [0.5, 0.6) is 0 Å². The number of amidine groups is 2. The van der Waals surface area contributed by atoms with E-state index in [4.69, 9.17) is 9.41 Å². The van der Waals surface area contributed by atoms with Gasteiger partial charge in [0.15, 0.2) is 5.84 Å².